The number of nitrogens with zero attached hydrogens (tertiary/aromatic N) is 4. The molecule has 2 amide bonds. The topological polar surface area (TPSA) is 96.8 Å². The highest BCUT2D eigenvalue weighted by molar-refractivity contribution is 9.10. The number of carbonyl (C=O) groups excluding carboxylic acids is 2. The molecule has 0 bridgehead atoms. The van der Waals surface area contributed by atoms with Crippen molar-refractivity contribution >= 4 is 34.3 Å². The van der Waals surface area contributed by atoms with Crippen molar-refractivity contribution < 1.29 is 14.3 Å². The molecule has 1 N–H and O–H groups in total. The number of alkyl carbamates (subject to hydrolysis) is 1. The van der Waals surface area contributed by atoms with Crippen LogP contribution in [0.5, 0.6) is 0 Å². The number of hydrogen-bond acceptors (Lipinski definition) is 5. The summed E-state index contributed by atoms with van der Waals surface area (Å²) in [5.41, 5.74) is -0.377. The van der Waals surface area contributed by atoms with E-state index in [1.54, 1.807) is 45.8 Å². The number of aliphatic imine (C=N–C) groups is 1. The Bertz CT molecular complexity index is 708. The molecule has 0 spiro atoms. The first kappa shape index (κ1) is 19.3. The molecule has 1 heterocycles. The van der Waals surface area contributed by atoms with Crippen LogP contribution in [-0.2, 0) is 10.3 Å². The second-order valence-electron chi connectivity index (χ2n) is 7.16. The molecule has 1 aromatic heterocycles. The molecule has 1 aromatic rings. The molecular formula is C16H22BrN5O3. The van der Waals surface area contributed by atoms with Crippen LogP contribution in [0.2, 0.25) is 0 Å². The van der Waals surface area contributed by atoms with E-state index in [0.717, 1.165) is 12.8 Å². The zero-order valence-electron chi connectivity index (χ0n) is 15.0. The molecule has 25 heavy (non-hydrogen) atoms. The van der Waals surface area contributed by atoms with Crippen LogP contribution in [-0.4, -0.2) is 53.1 Å². The maximum atomic E-state index is 12.1. The van der Waals surface area contributed by atoms with E-state index in [4.69, 9.17) is 4.74 Å². The Balaban J connectivity index is 2.22. The van der Waals surface area contributed by atoms with Crippen molar-refractivity contribution in [3.63, 3.8) is 0 Å². The smallest absolute Gasteiger partial charge is 0.408 e. The Morgan fingerprint density at radius 2 is 2.00 bits per heavy atom. The first-order valence-corrected chi connectivity index (χ1v) is 8.61. The zero-order chi connectivity index (χ0) is 18.8. The summed E-state index contributed by atoms with van der Waals surface area (Å²) in [7, 11) is 3.53. The molecule has 0 atom stereocenters. The van der Waals surface area contributed by atoms with Gasteiger partial charge in [-0.3, -0.25) is 4.79 Å². The molecule has 0 unspecified atom stereocenters. The molecule has 0 saturated heterocycles. The molecule has 8 nitrogen and oxygen atoms in total. The molecular weight excluding hydrogens is 390 g/mol. The maximum Gasteiger partial charge on any atom is 0.408 e. The number of ether oxygens (including phenoxy) is 1. The minimum Gasteiger partial charge on any atom is -0.444 e. The fourth-order valence-corrected chi connectivity index (χ4v) is 2.71. The molecule has 9 heteroatoms. The van der Waals surface area contributed by atoms with E-state index in [1.807, 2.05) is 0 Å². The summed E-state index contributed by atoms with van der Waals surface area (Å²) in [6.45, 7) is 5.40. The normalized spacial score (nSPS) is 15.8. The van der Waals surface area contributed by atoms with Gasteiger partial charge in [0.05, 0.1) is 11.9 Å². The highest BCUT2D eigenvalue weighted by Crippen LogP contribution is 2.47. The van der Waals surface area contributed by atoms with E-state index in [9.17, 15) is 9.59 Å². The fraction of sp³-hybridized carbons (Fsp3) is 0.562. The van der Waals surface area contributed by atoms with Gasteiger partial charge in [0.1, 0.15) is 10.2 Å². The third kappa shape index (κ3) is 5.22. The van der Waals surface area contributed by atoms with Gasteiger partial charge in [-0.1, -0.05) is 0 Å². The van der Waals surface area contributed by atoms with Gasteiger partial charge in [-0.15, -0.1) is 10.2 Å². The lowest BCUT2D eigenvalue weighted by atomic mass is 10.1. The van der Waals surface area contributed by atoms with Crippen molar-refractivity contribution in [1.29, 1.82) is 0 Å². The van der Waals surface area contributed by atoms with Gasteiger partial charge in [0.25, 0.3) is 5.91 Å². The Labute approximate surface area is 155 Å². The SMILES string of the molecule is CN(C)C=NC(=O)c1cc(C2(NC(=O)OC(C)(C)C)CC2)c(Br)nn1. The Kier molecular flexibility index (Phi) is 5.46. The molecule has 1 aliphatic carbocycles. The minimum absolute atomic E-state index is 0.119. The number of nitrogens with one attached hydrogen (secondary N) is 1. The summed E-state index contributed by atoms with van der Waals surface area (Å²) in [5.74, 6) is -0.497. The zero-order valence-corrected chi connectivity index (χ0v) is 16.5. The van der Waals surface area contributed by atoms with E-state index in [-0.39, 0.29) is 5.69 Å². The number of carbonyl (C=O) groups is 2. The lowest BCUT2D eigenvalue weighted by molar-refractivity contribution is 0.0494. The third-order valence-electron chi connectivity index (χ3n) is 3.38. The first-order valence-electron chi connectivity index (χ1n) is 7.82. The van der Waals surface area contributed by atoms with Crippen molar-refractivity contribution in [2.24, 2.45) is 4.99 Å². The third-order valence-corrected chi connectivity index (χ3v) is 3.97. The lowest BCUT2D eigenvalue weighted by Crippen LogP contribution is -2.39. The average molecular weight is 412 g/mol. The number of amides is 2. The molecule has 0 aliphatic heterocycles. The number of aromatic nitrogens is 2. The predicted octanol–water partition coefficient (Wildman–Crippen LogP) is 2.48. The van der Waals surface area contributed by atoms with Crippen LogP contribution in [0.15, 0.2) is 15.7 Å². The van der Waals surface area contributed by atoms with Gasteiger partial charge < -0.3 is 15.0 Å². The average Bonchev–Trinajstić information content (AvgIpc) is 3.23. The van der Waals surface area contributed by atoms with Gasteiger partial charge >= 0.3 is 6.09 Å². The van der Waals surface area contributed by atoms with Crippen LogP contribution >= 0.6 is 15.9 Å². The monoisotopic (exact) mass is 411 g/mol. The minimum atomic E-state index is -0.600. The van der Waals surface area contributed by atoms with Gasteiger partial charge in [-0.05, 0) is 55.6 Å². The molecule has 1 fully saturated rings. The van der Waals surface area contributed by atoms with Crippen molar-refractivity contribution in [3.8, 4) is 0 Å². The lowest BCUT2D eigenvalue weighted by Gasteiger charge is -2.24. The molecule has 0 aromatic carbocycles. The maximum absolute atomic E-state index is 12.1. The summed E-state index contributed by atoms with van der Waals surface area (Å²) in [5, 5.41) is 10.7. The summed E-state index contributed by atoms with van der Waals surface area (Å²) >= 11 is 3.35. The number of hydrogen-bond donors (Lipinski definition) is 1. The first-order chi connectivity index (χ1) is 11.5. The second-order valence-corrected chi connectivity index (χ2v) is 7.91. The van der Waals surface area contributed by atoms with Crippen LogP contribution < -0.4 is 5.32 Å². The van der Waals surface area contributed by atoms with Crippen LogP contribution in [0.3, 0.4) is 0 Å². The van der Waals surface area contributed by atoms with Gasteiger partial charge in [0.2, 0.25) is 0 Å². The van der Waals surface area contributed by atoms with E-state index < -0.39 is 23.1 Å². The second kappa shape index (κ2) is 7.07. The van der Waals surface area contributed by atoms with Crippen LogP contribution in [0, 0.1) is 0 Å². The van der Waals surface area contributed by atoms with E-state index >= 15 is 0 Å². The standard InChI is InChI=1S/C16H22BrN5O3/c1-15(2,3)25-14(24)19-16(6-7-16)10-8-11(20-21-12(10)17)13(23)18-9-22(4)5/h8-9H,6-7H2,1-5H3,(H,19,24). The summed E-state index contributed by atoms with van der Waals surface area (Å²) in [4.78, 5) is 29.7. The number of rotatable bonds is 4. The Hall–Kier alpha value is -2.03. The van der Waals surface area contributed by atoms with E-state index in [2.05, 4.69) is 36.4 Å². The van der Waals surface area contributed by atoms with Gasteiger partial charge in [-0.2, -0.15) is 4.99 Å². The van der Waals surface area contributed by atoms with Crippen molar-refractivity contribution in [3.05, 3.63) is 21.9 Å². The van der Waals surface area contributed by atoms with Crippen LogP contribution in [0.25, 0.3) is 0 Å². The van der Waals surface area contributed by atoms with Crippen molar-refractivity contribution in [2.45, 2.75) is 44.8 Å². The van der Waals surface area contributed by atoms with E-state index in [0.29, 0.717) is 10.2 Å². The Morgan fingerprint density at radius 1 is 1.36 bits per heavy atom. The largest absolute Gasteiger partial charge is 0.444 e. The van der Waals surface area contributed by atoms with Gasteiger partial charge in [0.15, 0.2) is 5.69 Å². The summed E-state index contributed by atoms with van der Waals surface area (Å²) in [6, 6.07) is 1.61. The highest BCUT2D eigenvalue weighted by Gasteiger charge is 2.48. The highest BCUT2D eigenvalue weighted by atomic mass is 79.9. The number of halogens is 1. The Morgan fingerprint density at radius 3 is 2.52 bits per heavy atom. The fourth-order valence-electron chi connectivity index (χ4n) is 2.14. The van der Waals surface area contributed by atoms with Gasteiger partial charge in [0, 0.05) is 19.7 Å². The van der Waals surface area contributed by atoms with Gasteiger partial charge in [-0.25, -0.2) is 4.79 Å². The molecule has 0 radical (unpaired) electrons. The summed E-state index contributed by atoms with van der Waals surface area (Å²) in [6.07, 6.45) is 2.35. The van der Waals surface area contributed by atoms with Crippen molar-refractivity contribution in [2.75, 3.05) is 14.1 Å². The van der Waals surface area contributed by atoms with Crippen LogP contribution in [0.4, 0.5) is 4.79 Å². The molecule has 2 rings (SSSR count). The summed E-state index contributed by atoms with van der Waals surface area (Å²) < 4.78 is 5.80. The predicted molar refractivity (Wildman–Crippen MR) is 96.5 cm³/mol. The molecule has 1 aliphatic rings. The van der Waals surface area contributed by atoms with E-state index in [1.165, 1.54) is 6.34 Å². The molecule has 1 saturated carbocycles. The quantitative estimate of drug-likeness (QED) is 0.603. The van der Waals surface area contributed by atoms with Crippen LogP contribution in [0.1, 0.15) is 49.7 Å². The van der Waals surface area contributed by atoms with Crippen molar-refractivity contribution in [1.82, 2.24) is 20.4 Å². The molecule has 136 valence electrons.